The predicted molar refractivity (Wildman–Crippen MR) is 76.7 cm³/mol. The zero-order chi connectivity index (χ0) is 12.5. The molecule has 0 saturated carbocycles. The molecule has 1 aromatic heterocycles. The Morgan fingerprint density at radius 3 is 3.06 bits per heavy atom. The first-order chi connectivity index (χ1) is 8.72. The third-order valence-electron chi connectivity index (χ3n) is 3.63. The molecule has 0 fully saturated rings. The van der Waals surface area contributed by atoms with Gasteiger partial charge in [0, 0.05) is 30.1 Å². The van der Waals surface area contributed by atoms with Crippen LogP contribution in [0.4, 0.5) is 0 Å². The van der Waals surface area contributed by atoms with Gasteiger partial charge in [-0.25, -0.2) is 4.98 Å². The van der Waals surface area contributed by atoms with Crippen molar-refractivity contribution in [2.24, 2.45) is 5.92 Å². The molecule has 0 N–H and O–H groups in total. The summed E-state index contributed by atoms with van der Waals surface area (Å²) < 4.78 is 3.50. The highest BCUT2D eigenvalue weighted by atomic mass is 79.9. The van der Waals surface area contributed by atoms with E-state index in [1.165, 1.54) is 28.0 Å². The van der Waals surface area contributed by atoms with E-state index >= 15 is 0 Å². The van der Waals surface area contributed by atoms with Gasteiger partial charge in [0.1, 0.15) is 5.82 Å². The average Bonchev–Trinajstić information content (AvgIpc) is 2.73. The summed E-state index contributed by atoms with van der Waals surface area (Å²) in [6.07, 6.45) is 5.53. The van der Waals surface area contributed by atoms with Gasteiger partial charge in [-0.1, -0.05) is 41.1 Å². The molecular weight excluding hydrogens is 288 g/mol. The summed E-state index contributed by atoms with van der Waals surface area (Å²) in [5, 5.41) is 0. The number of aromatic nitrogens is 2. The van der Waals surface area contributed by atoms with Crippen molar-refractivity contribution >= 4 is 15.9 Å². The SMILES string of the molecule is CC1CCn2cc(Cc3ccccc3Br)nc2C1. The predicted octanol–water partition coefficient (Wildman–Crippen LogP) is 3.82. The van der Waals surface area contributed by atoms with Crippen molar-refractivity contribution in [3.8, 4) is 0 Å². The lowest BCUT2D eigenvalue weighted by molar-refractivity contribution is 0.409. The molecule has 0 bridgehead atoms. The molecule has 0 radical (unpaired) electrons. The smallest absolute Gasteiger partial charge is 0.109 e. The molecule has 18 heavy (non-hydrogen) atoms. The van der Waals surface area contributed by atoms with Gasteiger partial charge in [0.05, 0.1) is 5.69 Å². The molecule has 3 rings (SSSR count). The minimum atomic E-state index is 0.774. The van der Waals surface area contributed by atoms with Gasteiger partial charge in [-0.2, -0.15) is 0 Å². The Hall–Kier alpha value is -1.09. The highest BCUT2D eigenvalue weighted by Crippen LogP contribution is 2.23. The van der Waals surface area contributed by atoms with E-state index in [2.05, 4.69) is 51.8 Å². The summed E-state index contributed by atoms with van der Waals surface area (Å²) in [7, 11) is 0. The molecule has 1 aliphatic rings. The Morgan fingerprint density at radius 1 is 1.39 bits per heavy atom. The van der Waals surface area contributed by atoms with Crippen LogP contribution in [0.3, 0.4) is 0 Å². The average molecular weight is 305 g/mol. The van der Waals surface area contributed by atoms with Crippen LogP contribution < -0.4 is 0 Å². The summed E-state index contributed by atoms with van der Waals surface area (Å²) in [6.45, 7) is 3.44. The highest BCUT2D eigenvalue weighted by molar-refractivity contribution is 9.10. The number of hydrogen-bond donors (Lipinski definition) is 0. The monoisotopic (exact) mass is 304 g/mol. The van der Waals surface area contributed by atoms with Gasteiger partial charge in [-0.3, -0.25) is 0 Å². The Kier molecular flexibility index (Phi) is 3.25. The van der Waals surface area contributed by atoms with E-state index in [0.29, 0.717) is 0 Å². The molecular formula is C15H17BrN2. The Balaban J connectivity index is 1.84. The van der Waals surface area contributed by atoms with E-state index in [1.807, 2.05) is 6.07 Å². The summed E-state index contributed by atoms with van der Waals surface area (Å²) in [5.41, 5.74) is 2.49. The molecule has 2 nitrogen and oxygen atoms in total. The van der Waals surface area contributed by atoms with Crippen molar-refractivity contribution in [2.75, 3.05) is 0 Å². The van der Waals surface area contributed by atoms with Crippen molar-refractivity contribution in [1.82, 2.24) is 9.55 Å². The topological polar surface area (TPSA) is 17.8 Å². The van der Waals surface area contributed by atoms with Gasteiger partial charge in [0.25, 0.3) is 0 Å². The first-order valence-corrected chi connectivity index (χ1v) is 7.30. The Morgan fingerprint density at radius 2 is 2.22 bits per heavy atom. The van der Waals surface area contributed by atoms with Crippen LogP contribution >= 0.6 is 15.9 Å². The van der Waals surface area contributed by atoms with E-state index in [9.17, 15) is 0 Å². The number of fused-ring (bicyclic) bond motifs is 1. The van der Waals surface area contributed by atoms with Gasteiger partial charge >= 0.3 is 0 Å². The molecule has 94 valence electrons. The number of nitrogens with zero attached hydrogens (tertiary/aromatic N) is 2. The minimum absolute atomic E-state index is 0.774. The summed E-state index contributed by atoms with van der Waals surface area (Å²) in [5.74, 6) is 2.03. The lowest BCUT2D eigenvalue weighted by atomic mass is 10.0. The fraction of sp³-hybridized carbons (Fsp3) is 0.400. The van der Waals surface area contributed by atoms with Crippen molar-refractivity contribution in [3.05, 3.63) is 52.0 Å². The molecule has 0 amide bonds. The molecule has 1 aliphatic heterocycles. The van der Waals surface area contributed by atoms with Gasteiger partial charge < -0.3 is 4.57 Å². The Bertz CT molecular complexity index is 559. The zero-order valence-electron chi connectivity index (χ0n) is 10.6. The first-order valence-electron chi connectivity index (χ1n) is 6.50. The van der Waals surface area contributed by atoms with E-state index in [1.54, 1.807) is 0 Å². The Labute approximate surface area is 116 Å². The summed E-state index contributed by atoms with van der Waals surface area (Å²) in [6, 6.07) is 8.38. The summed E-state index contributed by atoms with van der Waals surface area (Å²) >= 11 is 3.60. The molecule has 0 spiro atoms. The summed E-state index contributed by atoms with van der Waals surface area (Å²) in [4.78, 5) is 4.78. The van der Waals surface area contributed by atoms with E-state index in [0.717, 1.165) is 25.3 Å². The maximum atomic E-state index is 4.78. The number of rotatable bonds is 2. The maximum absolute atomic E-state index is 4.78. The van der Waals surface area contributed by atoms with Crippen LogP contribution in [0.5, 0.6) is 0 Å². The van der Waals surface area contributed by atoms with Crippen LogP contribution in [-0.2, 0) is 19.4 Å². The van der Waals surface area contributed by atoms with Crippen molar-refractivity contribution in [2.45, 2.75) is 32.7 Å². The van der Waals surface area contributed by atoms with Crippen LogP contribution in [0.25, 0.3) is 0 Å². The number of aryl methyl sites for hydroxylation is 1. The normalized spacial score (nSPS) is 18.7. The van der Waals surface area contributed by atoms with E-state index in [4.69, 9.17) is 4.98 Å². The molecule has 1 aromatic carbocycles. The molecule has 1 atom stereocenters. The fourth-order valence-electron chi connectivity index (χ4n) is 2.57. The second-order valence-electron chi connectivity index (χ2n) is 5.21. The highest BCUT2D eigenvalue weighted by Gasteiger charge is 2.17. The quantitative estimate of drug-likeness (QED) is 0.825. The number of hydrogen-bond acceptors (Lipinski definition) is 1. The standard InChI is InChI=1S/C15H17BrN2/c1-11-6-7-18-10-13(17-15(18)8-11)9-12-4-2-3-5-14(12)16/h2-5,10-11H,6-9H2,1H3. The lowest BCUT2D eigenvalue weighted by Gasteiger charge is -2.18. The van der Waals surface area contributed by atoms with Crippen molar-refractivity contribution in [3.63, 3.8) is 0 Å². The second-order valence-corrected chi connectivity index (χ2v) is 6.06. The third kappa shape index (κ3) is 2.37. The molecule has 3 heteroatoms. The van der Waals surface area contributed by atoms with Crippen LogP contribution in [0.2, 0.25) is 0 Å². The largest absolute Gasteiger partial charge is 0.335 e. The van der Waals surface area contributed by atoms with Crippen molar-refractivity contribution in [1.29, 1.82) is 0 Å². The van der Waals surface area contributed by atoms with E-state index < -0.39 is 0 Å². The third-order valence-corrected chi connectivity index (χ3v) is 4.41. The van der Waals surface area contributed by atoms with Gasteiger partial charge in [0.2, 0.25) is 0 Å². The van der Waals surface area contributed by atoms with Gasteiger partial charge in [0.15, 0.2) is 0 Å². The van der Waals surface area contributed by atoms with Gasteiger partial charge in [-0.15, -0.1) is 0 Å². The molecule has 0 saturated heterocycles. The number of halogens is 1. The fourth-order valence-corrected chi connectivity index (χ4v) is 2.99. The van der Waals surface area contributed by atoms with Crippen LogP contribution in [0.1, 0.15) is 30.4 Å². The van der Waals surface area contributed by atoms with Crippen LogP contribution in [-0.4, -0.2) is 9.55 Å². The lowest BCUT2D eigenvalue weighted by Crippen LogP contribution is -2.16. The number of benzene rings is 1. The van der Waals surface area contributed by atoms with Gasteiger partial charge in [-0.05, 0) is 24.0 Å². The molecule has 2 aromatic rings. The second kappa shape index (κ2) is 4.88. The van der Waals surface area contributed by atoms with E-state index in [-0.39, 0.29) is 0 Å². The van der Waals surface area contributed by atoms with Crippen molar-refractivity contribution < 1.29 is 0 Å². The van der Waals surface area contributed by atoms with Crippen LogP contribution in [0, 0.1) is 5.92 Å². The number of imidazole rings is 1. The van der Waals surface area contributed by atoms with Crippen LogP contribution in [0.15, 0.2) is 34.9 Å². The molecule has 0 aliphatic carbocycles. The molecule has 2 heterocycles. The first kappa shape index (κ1) is 12.0. The minimum Gasteiger partial charge on any atom is -0.335 e. The zero-order valence-corrected chi connectivity index (χ0v) is 12.2. The molecule has 1 unspecified atom stereocenters. The maximum Gasteiger partial charge on any atom is 0.109 e.